The highest BCUT2D eigenvalue weighted by atomic mass is 16.5. The van der Waals surface area contributed by atoms with Gasteiger partial charge in [0.1, 0.15) is 5.75 Å². The second-order valence-electron chi connectivity index (χ2n) is 8.33. The Morgan fingerprint density at radius 1 is 0.946 bits per heavy atom. The van der Waals surface area contributed by atoms with Gasteiger partial charge in [0.15, 0.2) is 0 Å². The smallest absolute Gasteiger partial charge is 0.328 e. The van der Waals surface area contributed by atoms with Crippen molar-refractivity contribution in [2.75, 3.05) is 0 Å². The maximum Gasteiger partial charge on any atom is 0.328 e. The number of aromatic nitrogens is 4. The van der Waals surface area contributed by atoms with E-state index in [1.165, 1.54) is 0 Å². The van der Waals surface area contributed by atoms with Crippen molar-refractivity contribution in [2.45, 2.75) is 13.3 Å². The van der Waals surface area contributed by atoms with Crippen LogP contribution in [0.2, 0.25) is 0 Å². The lowest BCUT2D eigenvalue weighted by Gasteiger charge is -2.17. The summed E-state index contributed by atoms with van der Waals surface area (Å²) in [5.74, 6) is -0.331. The van der Waals surface area contributed by atoms with Crippen LogP contribution in [0.15, 0.2) is 97.5 Å². The fourth-order valence-corrected chi connectivity index (χ4v) is 4.26. The number of nitrogens with zero attached hydrogens (tertiary/aromatic N) is 3. The number of H-pyrrole nitrogens is 1. The van der Waals surface area contributed by atoms with Gasteiger partial charge in [0.2, 0.25) is 0 Å². The number of aliphatic carboxylic acids is 1. The molecule has 2 heterocycles. The summed E-state index contributed by atoms with van der Waals surface area (Å²) in [4.78, 5) is 19.2. The Morgan fingerprint density at radius 2 is 1.73 bits per heavy atom. The van der Waals surface area contributed by atoms with Gasteiger partial charge in [0, 0.05) is 23.9 Å². The molecular formula is C30H24N4O3. The highest BCUT2D eigenvalue weighted by molar-refractivity contribution is 6.00. The molecule has 0 fully saturated rings. The van der Waals surface area contributed by atoms with E-state index in [0.717, 1.165) is 56.8 Å². The van der Waals surface area contributed by atoms with E-state index in [4.69, 9.17) is 9.84 Å². The molecule has 2 N–H and O–H groups in total. The minimum atomic E-state index is -0.977. The Morgan fingerprint density at radius 3 is 2.49 bits per heavy atom. The summed E-state index contributed by atoms with van der Waals surface area (Å²) in [6.45, 7) is 2.13. The van der Waals surface area contributed by atoms with Crippen LogP contribution in [-0.2, 0) is 4.79 Å². The summed E-state index contributed by atoms with van der Waals surface area (Å²) in [5.41, 5.74) is 7.08. The van der Waals surface area contributed by atoms with Crippen molar-refractivity contribution in [1.82, 2.24) is 20.2 Å². The van der Waals surface area contributed by atoms with E-state index in [-0.39, 0.29) is 6.01 Å². The highest BCUT2D eigenvalue weighted by Crippen LogP contribution is 2.37. The molecular weight excluding hydrogens is 464 g/mol. The lowest BCUT2D eigenvalue weighted by atomic mass is 9.87. The molecule has 0 saturated heterocycles. The molecule has 0 amide bonds. The minimum Gasteiger partial charge on any atom is -0.478 e. The van der Waals surface area contributed by atoms with Gasteiger partial charge in [0.25, 0.3) is 0 Å². The molecule has 7 heteroatoms. The zero-order chi connectivity index (χ0) is 25.6. The lowest BCUT2D eigenvalue weighted by Crippen LogP contribution is -1.96. The summed E-state index contributed by atoms with van der Waals surface area (Å²) in [6.07, 6.45) is 8.59. The number of carbonyl (C=O) groups is 1. The van der Waals surface area contributed by atoms with E-state index in [0.29, 0.717) is 5.75 Å². The topological polar surface area (TPSA) is 101 Å². The van der Waals surface area contributed by atoms with Crippen molar-refractivity contribution < 1.29 is 14.6 Å². The first kappa shape index (κ1) is 23.7. The highest BCUT2D eigenvalue weighted by Gasteiger charge is 2.15. The van der Waals surface area contributed by atoms with Crippen LogP contribution in [0.3, 0.4) is 0 Å². The summed E-state index contributed by atoms with van der Waals surface area (Å²) in [6, 6.07) is 24.1. The van der Waals surface area contributed by atoms with Crippen LogP contribution >= 0.6 is 0 Å². The SMILES string of the molecule is CC/C(=C(/c1ccc(/C=C/C(=O)O)cc1)c1ccc2[nH]ncc2c1)c1cccc(Oc2ncccn2)c1. The van der Waals surface area contributed by atoms with E-state index >= 15 is 0 Å². The van der Waals surface area contributed by atoms with Gasteiger partial charge >= 0.3 is 12.0 Å². The van der Waals surface area contributed by atoms with Gasteiger partial charge < -0.3 is 9.84 Å². The third-order valence-corrected chi connectivity index (χ3v) is 5.94. The molecule has 0 spiro atoms. The summed E-state index contributed by atoms with van der Waals surface area (Å²) < 4.78 is 5.90. The van der Waals surface area contributed by atoms with E-state index < -0.39 is 5.97 Å². The molecule has 0 aliphatic carbocycles. The molecule has 0 unspecified atom stereocenters. The fraction of sp³-hybridized carbons (Fsp3) is 0.0667. The Balaban J connectivity index is 1.63. The molecule has 2 aromatic heterocycles. The lowest BCUT2D eigenvalue weighted by molar-refractivity contribution is -0.131. The summed E-state index contributed by atoms with van der Waals surface area (Å²) in [5, 5.41) is 17.2. The summed E-state index contributed by atoms with van der Waals surface area (Å²) >= 11 is 0. The summed E-state index contributed by atoms with van der Waals surface area (Å²) in [7, 11) is 0. The van der Waals surface area contributed by atoms with Gasteiger partial charge in [-0.2, -0.15) is 5.10 Å². The quantitative estimate of drug-likeness (QED) is 0.188. The Kier molecular flexibility index (Phi) is 6.85. The van der Waals surface area contributed by atoms with Crippen LogP contribution in [0.4, 0.5) is 0 Å². The maximum atomic E-state index is 10.9. The number of allylic oxidation sites excluding steroid dienone is 1. The van der Waals surface area contributed by atoms with E-state index in [1.54, 1.807) is 24.5 Å². The van der Waals surface area contributed by atoms with Gasteiger partial charge in [-0.1, -0.05) is 49.4 Å². The molecule has 37 heavy (non-hydrogen) atoms. The first-order valence-corrected chi connectivity index (χ1v) is 11.8. The van der Waals surface area contributed by atoms with E-state index in [1.807, 2.05) is 54.7 Å². The third-order valence-electron chi connectivity index (χ3n) is 5.94. The van der Waals surface area contributed by atoms with Crippen LogP contribution in [0, 0.1) is 0 Å². The molecule has 7 nitrogen and oxygen atoms in total. The zero-order valence-electron chi connectivity index (χ0n) is 20.1. The van der Waals surface area contributed by atoms with Crippen molar-refractivity contribution in [3.63, 3.8) is 0 Å². The normalized spacial score (nSPS) is 12.0. The second kappa shape index (κ2) is 10.7. The molecule has 0 radical (unpaired) electrons. The van der Waals surface area contributed by atoms with Crippen molar-refractivity contribution in [1.29, 1.82) is 0 Å². The number of rotatable bonds is 8. The number of aromatic amines is 1. The number of fused-ring (bicyclic) bond motifs is 1. The monoisotopic (exact) mass is 488 g/mol. The van der Waals surface area contributed by atoms with Crippen LogP contribution in [0.5, 0.6) is 11.8 Å². The molecule has 5 aromatic rings. The van der Waals surface area contributed by atoms with Crippen molar-refractivity contribution in [2.24, 2.45) is 0 Å². The van der Waals surface area contributed by atoms with Crippen molar-refractivity contribution in [3.8, 4) is 11.8 Å². The number of hydrogen-bond donors (Lipinski definition) is 2. The largest absolute Gasteiger partial charge is 0.478 e. The molecule has 0 aliphatic heterocycles. The number of carboxylic acids is 1. The molecule has 182 valence electrons. The van der Waals surface area contributed by atoms with Crippen LogP contribution < -0.4 is 4.74 Å². The number of nitrogens with one attached hydrogen (secondary N) is 1. The average molecular weight is 489 g/mol. The predicted molar refractivity (Wildman–Crippen MR) is 144 cm³/mol. The van der Waals surface area contributed by atoms with E-state index in [9.17, 15) is 4.79 Å². The van der Waals surface area contributed by atoms with Crippen LogP contribution in [0.1, 0.15) is 35.6 Å². The molecule has 0 aliphatic rings. The molecule has 0 bridgehead atoms. The van der Waals surface area contributed by atoms with Crippen molar-refractivity contribution in [3.05, 3.63) is 120 Å². The Hall–Kier alpha value is -5.04. The standard InChI is InChI=1S/C30H24N4O3/c1-2-26(22-5-3-6-25(18-22)37-30-31-15-4-16-32-30)29(23-12-13-27-24(17-23)19-33-34-27)21-10-7-20(8-11-21)9-14-28(35)36/h3-19H,2H2,1H3,(H,33,34)(H,35,36)/b14-9+,29-26+. The molecule has 0 atom stereocenters. The van der Waals surface area contributed by atoms with E-state index in [2.05, 4.69) is 45.3 Å². The Labute approximate surface area is 213 Å². The minimum absolute atomic E-state index is 0.289. The number of ether oxygens (including phenoxy) is 1. The number of carboxylic acid groups (broad SMARTS) is 1. The first-order chi connectivity index (χ1) is 18.1. The average Bonchev–Trinajstić information content (AvgIpc) is 3.40. The number of hydrogen-bond acceptors (Lipinski definition) is 5. The fourth-order valence-electron chi connectivity index (χ4n) is 4.26. The van der Waals surface area contributed by atoms with Gasteiger partial charge in [-0.3, -0.25) is 5.10 Å². The molecule has 5 rings (SSSR count). The molecule has 3 aromatic carbocycles. The number of benzene rings is 3. The maximum absolute atomic E-state index is 10.9. The first-order valence-electron chi connectivity index (χ1n) is 11.8. The molecule has 0 saturated carbocycles. The second-order valence-corrected chi connectivity index (χ2v) is 8.33. The third kappa shape index (κ3) is 5.46. The van der Waals surface area contributed by atoms with Gasteiger partial charge in [-0.15, -0.1) is 0 Å². The van der Waals surface area contributed by atoms with Gasteiger partial charge in [-0.05, 0) is 76.2 Å². The van der Waals surface area contributed by atoms with Gasteiger partial charge in [0.05, 0.1) is 11.7 Å². The predicted octanol–water partition coefficient (Wildman–Crippen LogP) is 6.61. The van der Waals surface area contributed by atoms with Gasteiger partial charge in [-0.25, -0.2) is 14.8 Å². The van der Waals surface area contributed by atoms with Crippen LogP contribution in [0.25, 0.3) is 28.1 Å². The van der Waals surface area contributed by atoms with Crippen molar-refractivity contribution >= 4 is 34.1 Å². The zero-order valence-corrected chi connectivity index (χ0v) is 20.1. The Bertz CT molecular complexity index is 1600. The van der Waals surface area contributed by atoms with Crippen LogP contribution in [-0.4, -0.2) is 31.2 Å².